The molecule has 6 rings (SSSR count). The molecule has 12 heteroatoms. The number of likely N-dealkylation sites (tertiary alicyclic amines) is 1. The van der Waals surface area contributed by atoms with Gasteiger partial charge in [-0.3, -0.25) is 9.59 Å². The number of pyridine rings is 1. The first kappa shape index (κ1) is 14.6. The maximum absolute atomic E-state index is 16.0. The Morgan fingerprint density at radius 2 is 1.74 bits per heavy atom. The molecule has 0 aliphatic carbocycles. The number of thioether (sulfide) groups is 1. The van der Waals surface area contributed by atoms with Gasteiger partial charge in [-0.25, -0.2) is 8.78 Å². The van der Waals surface area contributed by atoms with Crippen LogP contribution in [0.1, 0.15) is 80.2 Å². The van der Waals surface area contributed by atoms with Crippen LogP contribution in [0.15, 0.2) is 100 Å². The Kier molecular flexibility index (Phi) is 4.59. The second-order valence-electron chi connectivity index (χ2n) is 10.2. The first-order chi connectivity index (χ1) is 38.5. The molecule has 1 aliphatic rings. The van der Waals surface area contributed by atoms with E-state index in [4.69, 9.17) is 35.6 Å². The lowest BCUT2D eigenvalue weighted by Gasteiger charge is -2.39. The van der Waals surface area contributed by atoms with Gasteiger partial charge >= 0.3 is 6.18 Å². The smallest absolute Gasteiger partial charge is 0.383 e. The molecule has 0 N–H and O–H groups in total. The number of methoxy groups -OCH3 is 1. The number of alkyl halides is 3. The Hall–Kier alpha value is -4.52. The molecule has 4 aromatic carbocycles. The van der Waals surface area contributed by atoms with Gasteiger partial charge in [0.2, 0.25) is 5.91 Å². The van der Waals surface area contributed by atoms with Gasteiger partial charge in [0.25, 0.3) is 0 Å². The summed E-state index contributed by atoms with van der Waals surface area (Å²) in [5.74, 6) is -8.34. The summed E-state index contributed by atoms with van der Waals surface area (Å²) in [5.41, 5.74) is -11.4. The van der Waals surface area contributed by atoms with Crippen molar-refractivity contribution in [3.05, 3.63) is 135 Å². The Morgan fingerprint density at radius 3 is 2.42 bits per heavy atom. The van der Waals surface area contributed by atoms with Crippen molar-refractivity contribution in [2.45, 2.75) is 55.7 Å². The number of carbonyl (C=O) groups excluding carboxylic acids is 1. The van der Waals surface area contributed by atoms with Crippen LogP contribution in [-0.4, -0.2) is 59.4 Å². The number of fused-ring (bicyclic) bond motifs is 1. The number of piperidine rings is 1. The molecule has 1 aliphatic heterocycles. The highest BCUT2D eigenvalue weighted by Gasteiger charge is 2.31. The molecule has 0 atom stereocenters. The number of rotatable bonds is 12. The Morgan fingerprint density at radius 1 is 1.04 bits per heavy atom. The van der Waals surface area contributed by atoms with Gasteiger partial charge < -0.3 is 19.1 Å². The van der Waals surface area contributed by atoms with Gasteiger partial charge in [-0.15, -0.1) is 11.8 Å². The van der Waals surface area contributed by atoms with Gasteiger partial charge in [0, 0.05) is 75.5 Å². The van der Waals surface area contributed by atoms with Crippen molar-refractivity contribution in [1.29, 1.82) is 0 Å². The van der Waals surface area contributed by atoms with Crippen molar-refractivity contribution in [2.24, 2.45) is 0 Å². The summed E-state index contributed by atoms with van der Waals surface area (Å²) in [6.07, 6.45) is -15.8. The van der Waals surface area contributed by atoms with Crippen molar-refractivity contribution in [2.75, 3.05) is 33.1 Å². The molecule has 6 nitrogen and oxygen atoms in total. The average Bonchev–Trinajstić information content (AvgIpc) is 0.659. The predicted molar refractivity (Wildman–Crippen MR) is 198 cm³/mol. The second kappa shape index (κ2) is 16.7. The van der Waals surface area contributed by atoms with Crippen molar-refractivity contribution in [3.63, 3.8) is 0 Å². The molecule has 1 amide bonds. The number of hydrogen-bond acceptors (Lipinski definition) is 5. The molecule has 0 unspecified atom stereocenters. The highest BCUT2D eigenvalue weighted by molar-refractivity contribution is 7.98. The van der Waals surface area contributed by atoms with Gasteiger partial charge in [0.15, 0.2) is 17.1 Å². The fourth-order valence-corrected chi connectivity index (χ4v) is 5.13. The van der Waals surface area contributed by atoms with E-state index < -0.39 is 250 Å². The van der Waals surface area contributed by atoms with E-state index in [1.54, 1.807) is 0 Å². The van der Waals surface area contributed by atoms with E-state index in [0.717, 1.165) is 6.92 Å². The summed E-state index contributed by atoms with van der Waals surface area (Å²) in [6.45, 7) is -25.5. The fraction of sp³-hybridized carbons (Fsp3) is 0.317. The SMILES string of the molecule is [2H]c1c([2H])c(F)c(F)c(CSc2c([2H])c(=O)c3c([2H])c(C)c([2H])c([2H])c3n2C([2H])([2H])C(=O)N(Cc2c([2H])c([2H])c(-c3c([2H])c([2H])c(C(F)(F)F)c([2H])c3[2H])c([2H])c2[2H])C2([2H])C([2H])([2H])C([2H])([2H])N(C([2H])([2H])C([2H])([2H])OC([2H])([2H])[2H])C([2H])([2H])C2([2H])[2H])c1[2H]. The molecule has 278 valence electrons. The number of nitrogens with zero attached hydrogens (tertiary/aromatic N) is 3. The third-order valence-electron chi connectivity index (χ3n) is 6.64. The van der Waals surface area contributed by atoms with E-state index in [0.29, 0.717) is 0 Å². The zero-order chi connectivity index (χ0) is 66.7. The summed E-state index contributed by atoms with van der Waals surface area (Å²) in [4.78, 5) is 28.0. The number of aromatic nitrogens is 1. The van der Waals surface area contributed by atoms with Crippen LogP contribution in [-0.2, 0) is 34.5 Å². The second-order valence-corrected chi connectivity index (χ2v) is 11.1. The molecule has 1 fully saturated rings. The van der Waals surface area contributed by atoms with Crippen LogP contribution in [0.5, 0.6) is 0 Å². The monoisotopic (exact) mass is 782 g/mol. The van der Waals surface area contributed by atoms with Crippen molar-refractivity contribution in [3.8, 4) is 11.1 Å². The number of carbonyl (C=O) groups is 1. The number of benzene rings is 4. The zero-order valence-corrected chi connectivity index (χ0v) is 27.1. The van der Waals surface area contributed by atoms with E-state index in [-0.39, 0.29) is 16.3 Å². The predicted octanol–water partition coefficient (Wildman–Crippen LogP) is 8.71. The number of hydrogen-bond donors (Lipinski definition) is 0. The molecule has 53 heavy (non-hydrogen) atoms. The molecular weight excluding hydrogens is 710 g/mol. The summed E-state index contributed by atoms with van der Waals surface area (Å²) < 4.78 is 363. The number of ether oxygens (including phenoxy) is 1. The highest BCUT2D eigenvalue weighted by Crippen LogP contribution is 2.32. The third-order valence-corrected chi connectivity index (χ3v) is 7.63. The standard InChI is InChI=1S/C41H40F5N3O3S/c1-27-6-15-36-34(22-27)37(50)23-39(53-26-31-4-3-5-35(42)40(31)43)49(36)25-38(51)48(33-16-18-47(19-17-33)20-21-52-2)24-28-7-9-29(10-8-28)30-11-13-32(14-12-30)41(44,45)46/h3-15,22-23,33H,16-21,24-26H2,1-2H3/i2D3,3D,4D,5D,6D,7D,8D,9D,10D,11D,12D,13D,14D,15D,16D2,17D2,18D2,19D2,20D2,21D2,22D,23D,25D2,33D. The summed E-state index contributed by atoms with van der Waals surface area (Å²) in [7, 11) is -4.03. The van der Waals surface area contributed by atoms with Crippen LogP contribution in [0.4, 0.5) is 22.0 Å². The molecule has 0 saturated carbocycles. The van der Waals surface area contributed by atoms with Gasteiger partial charge in [-0.1, -0.05) is 59.9 Å². The van der Waals surface area contributed by atoms with Gasteiger partial charge in [0.05, 0.1) is 54.2 Å². The molecule has 1 aromatic heterocycles. The zero-order valence-electron chi connectivity index (χ0n) is 59.3. The van der Waals surface area contributed by atoms with Crippen LogP contribution in [0, 0.1) is 18.6 Å². The van der Waals surface area contributed by atoms with Crippen LogP contribution in [0.3, 0.4) is 0 Å². The Labute approximate surface area is 355 Å². The van der Waals surface area contributed by atoms with Gasteiger partial charge in [0.1, 0.15) is 6.50 Å². The molecular formula is C41H40F5N3O3S. The Bertz CT molecular complexity index is 3670. The van der Waals surface area contributed by atoms with Crippen LogP contribution in [0.2, 0.25) is 0 Å². The molecule has 1 saturated heterocycles. The first-order valence-corrected chi connectivity index (χ1v) is 15.3. The van der Waals surface area contributed by atoms with E-state index in [9.17, 15) is 32.0 Å². The van der Waals surface area contributed by atoms with Gasteiger partial charge in [-0.05, 0) is 66.6 Å². The third kappa shape index (κ3) is 9.17. The number of amides is 1. The molecule has 2 heterocycles. The fourth-order valence-electron chi connectivity index (χ4n) is 4.22. The maximum atomic E-state index is 16.0. The lowest BCUT2D eigenvalue weighted by Crippen LogP contribution is -2.48. The van der Waals surface area contributed by atoms with Crippen LogP contribution in [0.25, 0.3) is 22.0 Å². The molecule has 5 aromatic rings. The van der Waals surface area contributed by atoms with Crippen LogP contribution < -0.4 is 5.43 Å². The minimum Gasteiger partial charge on any atom is -0.383 e. The normalized spacial score (nSPS) is 28.6. The van der Waals surface area contributed by atoms with Crippen molar-refractivity contribution < 1.29 is 76.7 Å². The topological polar surface area (TPSA) is 54.8 Å². The van der Waals surface area contributed by atoms with E-state index in [1.165, 1.54) is 0 Å². The highest BCUT2D eigenvalue weighted by atomic mass is 32.2. The van der Waals surface area contributed by atoms with E-state index >= 15 is 9.18 Å². The van der Waals surface area contributed by atoms with Crippen LogP contribution >= 0.6 is 11.8 Å². The first-order valence-electron chi connectivity index (χ1n) is 30.8. The lowest BCUT2D eigenvalue weighted by atomic mass is 10.00. The average molecular weight is 783 g/mol. The van der Waals surface area contributed by atoms with Gasteiger partial charge in [-0.2, -0.15) is 13.2 Å². The molecule has 0 bridgehead atoms. The lowest BCUT2D eigenvalue weighted by molar-refractivity contribution is -0.137. The number of halogens is 5. The molecule has 0 spiro atoms. The van der Waals surface area contributed by atoms with Crippen molar-refractivity contribution >= 4 is 28.6 Å². The quantitative estimate of drug-likeness (QED) is 0.0937. The van der Waals surface area contributed by atoms with E-state index in [1.807, 2.05) is 0 Å². The maximum Gasteiger partial charge on any atom is 0.416 e. The minimum absolute atomic E-state index is 0.243. The van der Waals surface area contributed by atoms with E-state index in [2.05, 4.69) is 4.74 Å². The Balaban J connectivity index is 1.81. The largest absolute Gasteiger partial charge is 0.416 e. The minimum atomic E-state index is -5.59. The summed E-state index contributed by atoms with van der Waals surface area (Å²) >= 11 is -0.243. The summed E-state index contributed by atoms with van der Waals surface area (Å²) in [6, 6.07) is -28.0. The summed E-state index contributed by atoms with van der Waals surface area (Å²) in [5, 5.41) is -2.68. The molecule has 0 radical (unpaired) electrons. The van der Waals surface area contributed by atoms with Crippen molar-refractivity contribution in [1.82, 2.24) is 14.4 Å².